The maximum Gasteiger partial charge on any atom is 0.348 e. The molecule has 150 valence electrons. The fourth-order valence-electron chi connectivity index (χ4n) is 2.47. The van der Waals surface area contributed by atoms with E-state index < -0.39 is 17.8 Å². The molecule has 1 aromatic heterocycles. The van der Waals surface area contributed by atoms with Crippen molar-refractivity contribution in [2.24, 2.45) is 0 Å². The van der Waals surface area contributed by atoms with Crippen molar-refractivity contribution in [3.63, 3.8) is 0 Å². The highest BCUT2D eigenvalue weighted by molar-refractivity contribution is 7.18. The zero-order chi connectivity index (χ0) is 20.7. The zero-order valence-electron chi connectivity index (χ0n) is 16.3. The third kappa shape index (κ3) is 5.10. The van der Waals surface area contributed by atoms with Crippen molar-refractivity contribution in [2.45, 2.75) is 27.7 Å². The van der Waals surface area contributed by atoms with Crippen LogP contribution in [0.15, 0.2) is 24.3 Å². The Kier molecular flexibility index (Phi) is 7.57. The van der Waals surface area contributed by atoms with Crippen LogP contribution >= 0.6 is 11.3 Å². The molecule has 1 amide bonds. The van der Waals surface area contributed by atoms with E-state index in [1.807, 2.05) is 25.1 Å². The average Bonchev–Trinajstić information content (AvgIpc) is 2.97. The van der Waals surface area contributed by atoms with E-state index in [2.05, 4.69) is 5.32 Å². The topological polar surface area (TPSA) is 90.9 Å². The smallest absolute Gasteiger partial charge is 0.348 e. The minimum Gasteiger partial charge on any atom is -0.483 e. The molecule has 0 aliphatic rings. The predicted molar refractivity (Wildman–Crippen MR) is 106 cm³/mol. The van der Waals surface area contributed by atoms with Crippen LogP contribution in [0.2, 0.25) is 0 Å². The highest BCUT2D eigenvalue weighted by Crippen LogP contribution is 2.34. The number of esters is 2. The van der Waals surface area contributed by atoms with Crippen molar-refractivity contribution in [3.8, 4) is 5.75 Å². The van der Waals surface area contributed by atoms with E-state index >= 15 is 0 Å². The molecule has 8 heteroatoms. The Labute approximate surface area is 167 Å². The summed E-state index contributed by atoms with van der Waals surface area (Å²) >= 11 is 0.979. The largest absolute Gasteiger partial charge is 0.483 e. The number of amides is 1. The van der Waals surface area contributed by atoms with E-state index in [9.17, 15) is 14.4 Å². The van der Waals surface area contributed by atoms with E-state index in [1.165, 1.54) is 0 Å². The van der Waals surface area contributed by atoms with Gasteiger partial charge in [-0.3, -0.25) is 4.79 Å². The lowest BCUT2D eigenvalue weighted by atomic mass is 10.1. The molecule has 0 aliphatic carbocycles. The Bertz CT molecular complexity index is 874. The Morgan fingerprint density at radius 3 is 2.29 bits per heavy atom. The second-order valence-electron chi connectivity index (χ2n) is 5.80. The molecule has 0 saturated carbocycles. The number of benzene rings is 1. The van der Waals surface area contributed by atoms with E-state index in [0.29, 0.717) is 11.3 Å². The van der Waals surface area contributed by atoms with Crippen LogP contribution in [0.4, 0.5) is 5.00 Å². The third-order valence-electron chi connectivity index (χ3n) is 3.79. The summed E-state index contributed by atoms with van der Waals surface area (Å²) in [7, 11) is 0. The Hall–Kier alpha value is -2.87. The van der Waals surface area contributed by atoms with Crippen LogP contribution in [0, 0.1) is 13.8 Å². The van der Waals surface area contributed by atoms with E-state index in [0.717, 1.165) is 16.9 Å². The summed E-state index contributed by atoms with van der Waals surface area (Å²) in [5.74, 6) is -1.02. The fraction of sp³-hybridized carbons (Fsp3) is 0.350. The molecule has 0 radical (unpaired) electrons. The zero-order valence-corrected chi connectivity index (χ0v) is 17.1. The van der Waals surface area contributed by atoms with Gasteiger partial charge >= 0.3 is 11.9 Å². The molecule has 0 bridgehead atoms. The maximum atomic E-state index is 12.3. The normalized spacial score (nSPS) is 10.3. The van der Waals surface area contributed by atoms with Gasteiger partial charge in [0.2, 0.25) is 0 Å². The van der Waals surface area contributed by atoms with Crippen LogP contribution in [0.1, 0.15) is 45.0 Å². The molecule has 0 atom stereocenters. The van der Waals surface area contributed by atoms with Crippen molar-refractivity contribution >= 4 is 34.2 Å². The van der Waals surface area contributed by atoms with Crippen molar-refractivity contribution in [1.82, 2.24) is 0 Å². The van der Waals surface area contributed by atoms with Gasteiger partial charge in [-0.2, -0.15) is 0 Å². The van der Waals surface area contributed by atoms with Crippen LogP contribution in [-0.2, 0) is 14.3 Å². The molecule has 1 aromatic carbocycles. The number of aryl methyl sites for hydroxylation is 1. The van der Waals surface area contributed by atoms with Gasteiger partial charge in [0, 0.05) is 0 Å². The summed E-state index contributed by atoms with van der Waals surface area (Å²) in [5.41, 5.74) is 1.47. The maximum absolute atomic E-state index is 12.3. The van der Waals surface area contributed by atoms with E-state index in [-0.39, 0.29) is 35.3 Å². The summed E-state index contributed by atoms with van der Waals surface area (Å²) in [5, 5.41) is 2.88. The molecule has 0 unspecified atom stereocenters. The summed E-state index contributed by atoms with van der Waals surface area (Å²) in [6.45, 7) is 7.01. The average molecular weight is 405 g/mol. The standard InChI is InChI=1S/C20H23NO6S/c1-5-25-19(23)16-13(4)17(20(24)26-6-2)28-18(16)21-15(22)11-27-14-10-8-7-9-12(14)3/h7-10H,5-6,11H2,1-4H3,(H,21,22). The van der Waals surface area contributed by atoms with Crippen LogP contribution in [0.5, 0.6) is 5.75 Å². The third-order valence-corrected chi connectivity index (χ3v) is 4.98. The summed E-state index contributed by atoms with van der Waals surface area (Å²) in [6, 6.07) is 7.33. The Morgan fingerprint density at radius 2 is 1.64 bits per heavy atom. The number of carbonyl (C=O) groups is 3. The lowest BCUT2D eigenvalue weighted by Crippen LogP contribution is -2.21. The number of rotatable bonds is 8. The van der Waals surface area contributed by atoms with Gasteiger partial charge in [-0.25, -0.2) is 9.59 Å². The second-order valence-corrected chi connectivity index (χ2v) is 6.82. The lowest BCUT2D eigenvalue weighted by Gasteiger charge is -2.10. The van der Waals surface area contributed by atoms with Crippen LogP contribution in [0.3, 0.4) is 0 Å². The predicted octanol–water partition coefficient (Wildman–Crippen LogP) is 3.74. The van der Waals surface area contributed by atoms with Gasteiger partial charge in [0.25, 0.3) is 5.91 Å². The minimum atomic E-state index is -0.609. The van der Waals surface area contributed by atoms with Crippen molar-refractivity contribution < 1.29 is 28.6 Å². The molecule has 0 saturated heterocycles. The summed E-state index contributed by atoms with van der Waals surface area (Å²) in [6.07, 6.45) is 0. The molecule has 2 rings (SSSR count). The van der Waals surface area contributed by atoms with Crippen LogP contribution < -0.4 is 10.1 Å². The molecule has 0 aliphatic heterocycles. The van der Waals surface area contributed by atoms with Crippen LogP contribution in [-0.4, -0.2) is 37.7 Å². The Balaban J connectivity index is 2.21. The number of ether oxygens (including phenoxy) is 3. The van der Waals surface area contributed by atoms with Crippen molar-refractivity contribution in [2.75, 3.05) is 25.1 Å². The number of anilines is 1. The fourth-order valence-corrected chi connectivity index (χ4v) is 3.57. The first kappa shape index (κ1) is 21.4. The molecular formula is C20H23NO6S. The van der Waals surface area contributed by atoms with Gasteiger partial charge in [-0.15, -0.1) is 11.3 Å². The molecule has 0 spiro atoms. The van der Waals surface area contributed by atoms with Gasteiger partial charge in [0.05, 0.1) is 18.8 Å². The number of hydrogen-bond donors (Lipinski definition) is 1. The monoisotopic (exact) mass is 405 g/mol. The molecular weight excluding hydrogens is 382 g/mol. The number of para-hydroxylation sites is 1. The number of thiophene rings is 1. The SMILES string of the molecule is CCOC(=O)c1sc(NC(=O)COc2ccccc2C)c(C(=O)OCC)c1C. The highest BCUT2D eigenvalue weighted by atomic mass is 32.1. The van der Waals surface area contributed by atoms with Crippen LogP contribution in [0.25, 0.3) is 0 Å². The van der Waals surface area contributed by atoms with Gasteiger partial charge in [0.1, 0.15) is 15.6 Å². The van der Waals surface area contributed by atoms with E-state index in [1.54, 1.807) is 26.8 Å². The first-order chi connectivity index (χ1) is 13.4. The van der Waals surface area contributed by atoms with E-state index in [4.69, 9.17) is 14.2 Å². The summed E-state index contributed by atoms with van der Waals surface area (Å²) < 4.78 is 15.6. The van der Waals surface area contributed by atoms with Gasteiger partial charge < -0.3 is 19.5 Å². The lowest BCUT2D eigenvalue weighted by molar-refractivity contribution is -0.118. The number of nitrogens with one attached hydrogen (secondary N) is 1. The molecule has 1 heterocycles. The molecule has 0 fully saturated rings. The molecule has 2 aromatic rings. The van der Waals surface area contributed by atoms with Gasteiger partial charge in [-0.1, -0.05) is 18.2 Å². The van der Waals surface area contributed by atoms with Gasteiger partial charge in [-0.05, 0) is 44.9 Å². The second kappa shape index (κ2) is 9.89. The first-order valence-corrected chi connectivity index (χ1v) is 9.66. The quantitative estimate of drug-likeness (QED) is 0.673. The van der Waals surface area contributed by atoms with Crippen molar-refractivity contribution in [3.05, 3.63) is 45.8 Å². The molecule has 7 nitrogen and oxygen atoms in total. The molecule has 28 heavy (non-hydrogen) atoms. The summed E-state index contributed by atoms with van der Waals surface area (Å²) in [4.78, 5) is 37.1. The minimum absolute atomic E-state index is 0.152. The van der Waals surface area contributed by atoms with Crippen molar-refractivity contribution in [1.29, 1.82) is 0 Å². The number of hydrogen-bond acceptors (Lipinski definition) is 7. The first-order valence-electron chi connectivity index (χ1n) is 8.84. The Morgan fingerprint density at radius 1 is 1.00 bits per heavy atom. The highest BCUT2D eigenvalue weighted by Gasteiger charge is 2.27. The van der Waals surface area contributed by atoms with Gasteiger partial charge in [0.15, 0.2) is 6.61 Å². The number of carbonyl (C=O) groups excluding carboxylic acids is 3. The molecule has 1 N–H and O–H groups in total.